The van der Waals surface area contributed by atoms with Gasteiger partial charge in [-0.2, -0.15) is 0 Å². The van der Waals surface area contributed by atoms with Gasteiger partial charge in [-0.15, -0.1) is 12.4 Å². The molecule has 3 nitrogen and oxygen atoms in total. The lowest BCUT2D eigenvalue weighted by atomic mass is 10.0. The van der Waals surface area contributed by atoms with Gasteiger partial charge in [0.05, 0.1) is 6.54 Å². The fourth-order valence-corrected chi connectivity index (χ4v) is 2.55. The molecule has 1 amide bonds. The minimum atomic E-state index is -0.588. The Balaban J connectivity index is 0.00000192. The van der Waals surface area contributed by atoms with Crippen LogP contribution in [0.5, 0.6) is 0 Å². The molecule has 1 aliphatic heterocycles. The van der Waals surface area contributed by atoms with Crippen molar-refractivity contribution < 1.29 is 13.6 Å². The number of carbonyl (C=O) groups is 1. The normalized spacial score (nSPS) is 14.5. The monoisotopic (exact) mass is 338 g/mol. The summed E-state index contributed by atoms with van der Waals surface area (Å²) in [6, 6.07) is 10.9. The van der Waals surface area contributed by atoms with Crippen molar-refractivity contribution in [2.45, 2.75) is 6.54 Å². The van der Waals surface area contributed by atoms with Gasteiger partial charge in [0.15, 0.2) is 0 Å². The maximum atomic E-state index is 13.8. The molecule has 0 radical (unpaired) electrons. The zero-order valence-corrected chi connectivity index (χ0v) is 13.2. The maximum Gasteiger partial charge on any atom is 0.236 e. The first-order valence-electron chi connectivity index (χ1n) is 7.16. The van der Waals surface area contributed by atoms with Crippen LogP contribution in [-0.2, 0) is 11.3 Å². The molecule has 2 aromatic rings. The number of benzene rings is 2. The van der Waals surface area contributed by atoms with E-state index in [2.05, 4.69) is 5.32 Å². The summed E-state index contributed by atoms with van der Waals surface area (Å²) in [6.07, 6.45) is 0. The van der Waals surface area contributed by atoms with Crippen LogP contribution in [0.3, 0.4) is 0 Å². The summed E-state index contributed by atoms with van der Waals surface area (Å²) in [5.74, 6) is -1.08. The highest BCUT2D eigenvalue weighted by Gasteiger charge is 2.17. The van der Waals surface area contributed by atoms with Crippen molar-refractivity contribution in [3.63, 3.8) is 0 Å². The Hall–Kier alpha value is -1.98. The molecule has 23 heavy (non-hydrogen) atoms. The molecule has 1 N–H and O–H groups in total. The van der Waals surface area contributed by atoms with Crippen molar-refractivity contribution in [1.82, 2.24) is 10.2 Å². The molecule has 1 fully saturated rings. The molecule has 0 unspecified atom stereocenters. The highest BCUT2D eigenvalue weighted by atomic mass is 35.5. The van der Waals surface area contributed by atoms with Crippen molar-refractivity contribution >= 4 is 18.3 Å². The van der Waals surface area contributed by atoms with Crippen LogP contribution in [0.25, 0.3) is 11.1 Å². The van der Waals surface area contributed by atoms with E-state index in [9.17, 15) is 13.6 Å². The van der Waals surface area contributed by atoms with E-state index in [1.54, 1.807) is 17.0 Å². The molecule has 0 bridgehead atoms. The molecule has 122 valence electrons. The molecular weight excluding hydrogens is 322 g/mol. The van der Waals surface area contributed by atoms with Crippen molar-refractivity contribution in [2.75, 3.05) is 19.6 Å². The fourth-order valence-electron chi connectivity index (χ4n) is 2.55. The molecule has 2 aromatic carbocycles. The quantitative estimate of drug-likeness (QED) is 0.933. The first kappa shape index (κ1) is 17.4. The van der Waals surface area contributed by atoms with Gasteiger partial charge < -0.3 is 10.2 Å². The number of nitrogens with zero attached hydrogens (tertiary/aromatic N) is 1. The first-order valence-corrected chi connectivity index (χ1v) is 7.16. The lowest BCUT2D eigenvalue weighted by Gasteiger charge is -2.27. The van der Waals surface area contributed by atoms with Gasteiger partial charge >= 0.3 is 0 Å². The Morgan fingerprint density at radius 3 is 2.48 bits per heavy atom. The Kier molecular flexibility index (Phi) is 5.69. The molecule has 1 aliphatic rings. The molecule has 1 saturated heterocycles. The summed E-state index contributed by atoms with van der Waals surface area (Å²) in [4.78, 5) is 13.5. The van der Waals surface area contributed by atoms with Crippen LogP contribution in [0.1, 0.15) is 5.56 Å². The van der Waals surface area contributed by atoms with E-state index in [1.807, 2.05) is 12.1 Å². The number of rotatable bonds is 3. The predicted octanol–water partition coefficient (Wildman–Crippen LogP) is 2.99. The zero-order valence-electron chi connectivity index (χ0n) is 12.4. The SMILES string of the molecule is Cl.O=C1CNCCN1Cc1ccc(-c2ccc(F)cc2F)cc1. The molecule has 0 atom stereocenters. The lowest BCUT2D eigenvalue weighted by Crippen LogP contribution is -2.47. The van der Waals surface area contributed by atoms with E-state index >= 15 is 0 Å². The van der Waals surface area contributed by atoms with Crippen molar-refractivity contribution in [3.05, 3.63) is 59.7 Å². The lowest BCUT2D eigenvalue weighted by molar-refractivity contribution is -0.132. The molecule has 0 saturated carbocycles. The Labute approximate surface area is 139 Å². The van der Waals surface area contributed by atoms with Gasteiger partial charge in [-0.25, -0.2) is 8.78 Å². The minimum absolute atomic E-state index is 0. The Morgan fingerprint density at radius 2 is 1.83 bits per heavy atom. The maximum absolute atomic E-state index is 13.8. The highest BCUT2D eigenvalue weighted by molar-refractivity contribution is 5.85. The summed E-state index contributed by atoms with van der Waals surface area (Å²) >= 11 is 0. The molecule has 6 heteroatoms. The average molecular weight is 339 g/mol. The van der Waals surface area contributed by atoms with E-state index in [1.165, 1.54) is 12.1 Å². The van der Waals surface area contributed by atoms with Crippen LogP contribution in [0.4, 0.5) is 8.78 Å². The van der Waals surface area contributed by atoms with Crippen LogP contribution in [-0.4, -0.2) is 30.4 Å². The Morgan fingerprint density at radius 1 is 1.09 bits per heavy atom. The summed E-state index contributed by atoms with van der Waals surface area (Å²) < 4.78 is 26.7. The van der Waals surface area contributed by atoms with E-state index < -0.39 is 11.6 Å². The van der Waals surface area contributed by atoms with E-state index in [0.29, 0.717) is 30.8 Å². The summed E-state index contributed by atoms with van der Waals surface area (Å²) in [7, 11) is 0. The van der Waals surface area contributed by atoms with Crippen molar-refractivity contribution in [2.24, 2.45) is 0 Å². The first-order chi connectivity index (χ1) is 10.6. The molecular formula is C17H17ClF2N2O. The number of nitrogens with one attached hydrogen (secondary N) is 1. The molecule has 3 rings (SSSR count). The van der Waals surface area contributed by atoms with Crippen LogP contribution in [0.2, 0.25) is 0 Å². The molecule has 0 spiro atoms. The molecule has 0 aromatic heterocycles. The second kappa shape index (κ2) is 7.53. The van der Waals surface area contributed by atoms with Gasteiger partial charge in [-0.3, -0.25) is 4.79 Å². The van der Waals surface area contributed by atoms with E-state index in [0.717, 1.165) is 18.2 Å². The third-order valence-corrected chi connectivity index (χ3v) is 3.76. The summed E-state index contributed by atoms with van der Waals surface area (Å²) in [5, 5.41) is 3.03. The molecule has 1 heterocycles. The van der Waals surface area contributed by atoms with Gasteiger partial charge in [0, 0.05) is 31.3 Å². The standard InChI is InChI=1S/C17H16F2N2O.ClH/c18-14-5-6-15(16(19)9-14)13-3-1-12(2-4-13)11-21-8-7-20-10-17(21)22;/h1-6,9,20H,7-8,10-11H2;1H. The van der Waals surface area contributed by atoms with Gasteiger partial charge in [-0.1, -0.05) is 24.3 Å². The zero-order chi connectivity index (χ0) is 15.5. The second-order valence-electron chi connectivity index (χ2n) is 5.31. The van der Waals surface area contributed by atoms with E-state index in [4.69, 9.17) is 0 Å². The highest BCUT2D eigenvalue weighted by Crippen LogP contribution is 2.24. The number of amides is 1. The van der Waals surface area contributed by atoms with E-state index in [-0.39, 0.29) is 18.3 Å². The molecule has 0 aliphatic carbocycles. The summed E-state index contributed by atoms with van der Waals surface area (Å²) in [5.41, 5.74) is 2.04. The Bertz CT molecular complexity index is 691. The minimum Gasteiger partial charge on any atom is -0.336 e. The van der Waals surface area contributed by atoms with Crippen LogP contribution in [0.15, 0.2) is 42.5 Å². The van der Waals surface area contributed by atoms with Gasteiger partial charge in [0.25, 0.3) is 0 Å². The number of hydrogen-bond donors (Lipinski definition) is 1. The second-order valence-corrected chi connectivity index (χ2v) is 5.31. The number of piperazine rings is 1. The number of hydrogen-bond acceptors (Lipinski definition) is 2. The van der Waals surface area contributed by atoms with Crippen molar-refractivity contribution in [3.8, 4) is 11.1 Å². The average Bonchev–Trinajstić information content (AvgIpc) is 2.51. The van der Waals surface area contributed by atoms with Gasteiger partial charge in [-0.05, 0) is 23.3 Å². The largest absolute Gasteiger partial charge is 0.336 e. The number of carbonyl (C=O) groups excluding carboxylic acids is 1. The topological polar surface area (TPSA) is 32.3 Å². The predicted molar refractivity (Wildman–Crippen MR) is 87.3 cm³/mol. The number of halogens is 3. The van der Waals surface area contributed by atoms with Crippen LogP contribution in [0, 0.1) is 11.6 Å². The smallest absolute Gasteiger partial charge is 0.236 e. The summed E-state index contributed by atoms with van der Waals surface area (Å²) in [6.45, 7) is 2.41. The van der Waals surface area contributed by atoms with Gasteiger partial charge in [0.1, 0.15) is 11.6 Å². The van der Waals surface area contributed by atoms with Gasteiger partial charge in [0.2, 0.25) is 5.91 Å². The third-order valence-electron chi connectivity index (χ3n) is 3.76. The van der Waals surface area contributed by atoms with Crippen molar-refractivity contribution in [1.29, 1.82) is 0 Å². The fraction of sp³-hybridized carbons (Fsp3) is 0.235. The van der Waals surface area contributed by atoms with Crippen LogP contribution < -0.4 is 5.32 Å². The van der Waals surface area contributed by atoms with Crippen LogP contribution >= 0.6 is 12.4 Å². The third kappa shape index (κ3) is 4.06.